The molecule has 0 saturated carbocycles. The Hall–Kier alpha value is -0.960. The molecular weight excluding hydrogens is 236 g/mol. The van der Waals surface area contributed by atoms with E-state index >= 15 is 0 Å². The molecule has 0 aliphatic carbocycles. The largest absolute Gasteiger partial charge is 0.387 e. The summed E-state index contributed by atoms with van der Waals surface area (Å²) in [6.07, 6.45) is 17.0. The molecule has 0 bridgehead atoms. The van der Waals surface area contributed by atoms with Crippen LogP contribution in [0.2, 0.25) is 0 Å². The van der Waals surface area contributed by atoms with Gasteiger partial charge in [0.1, 0.15) is 0 Å². The molecule has 0 amide bonds. The van der Waals surface area contributed by atoms with Crippen molar-refractivity contribution < 1.29 is 5.11 Å². The molecule has 0 radical (unpaired) electrons. The summed E-state index contributed by atoms with van der Waals surface area (Å²) in [5.41, 5.74) is 0.696. The van der Waals surface area contributed by atoms with Gasteiger partial charge in [0.05, 0.1) is 18.0 Å². The zero-order chi connectivity index (χ0) is 13.8. The molecule has 1 rings (SSSR count). The summed E-state index contributed by atoms with van der Waals surface area (Å²) >= 11 is 0. The minimum atomic E-state index is -0.446. The zero-order valence-electron chi connectivity index (χ0n) is 12.2. The van der Waals surface area contributed by atoms with Gasteiger partial charge in [0.25, 0.3) is 0 Å². The van der Waals surface area contributed by atoms with Crippen LogP contribution in [-0.2, 0) is 0 Å². The van der Waals surface area contributed by atoms with Crippen molar-refractivity contribution in [3.63, 3.8) is 0 Å². The topological polar surface area (TPSA) is 46.0 Å². The van der Waals surface area contributed by atoms with Crippen molar-refractivity contribution >= 4 is 0 Å². The first kappa shape index (κ1) is 16.1. The molecule has 0 spiro atoms. The molecule has 3 nitrogen and oxygen atoms in total. The molecule has 3 heteroatoms. The van der Waals surface area contributed by atoms with Crippen molar-refractivity contribution in [2.45, 2.75) is 77.2 Å². The molecule has 0 saturated heterocycles. The molecule has 1 aromatic heterocycles. The van der Waals surface area contributed by atoms with Gasteiger partial charge in [-0.05, 0) is 6.42 Å². The van der Waals surface area contributed by atoms with E-state index in [1.54, 1.807) is 18.6 Å². The molecule has 108 valence electrons. The normalized spacial score (nSPS) is 12.5. The van der Waals surface area contributed by atoms with Crippen LogP contribution in [0.3, 0.4) is 0 Å². The van der Waals surface area contributed by atoms with E-state index in [2.05, 4.69) is 16.9 Å². The number of rotatable bonds is 11. The van der Waals surface area contributed by atoms with Crippen LogP contribution in [0.1, 0.15) is 82.9 Å². The Morgan fingerprint density at radius 2 is 1.58 bits per heavy atom. The van der Waals surface area contributed by atoms with Crippen LogP contribution >= 0.6 is 0 Å². The van der Waals surface area contributed by atoms with Crippen LogP contribution < -0.4 is 0 Å². The lowest BCUT2D eigenvalue weighted by molar-refractivity contribution is 0.158. The molecule has 0 aromatic carbocycles. The number of nitrogens with zero attached hydrogens (tertiary/aromatic N) is 2. The Bertz CT molecular complexity index is 303. The van der Waals surface area contributed by atoms with Gasteiger partial charge in [0.15, 0.2) is 0 Å². The minimum absolute atomic E-state index is 0.446. The molecule has 1 N–H and O–H groups in total. The summed E-state index contributed by atoms with van der Waals surface area (Å²) in [6, 6.07) is 0. The zero-order valence-corrected chi connectivity index (χ0v) is 12.2. The van der Waals surface area contributed by atoms with Crippen molar-refractivity contribution in [1.82, 2.24) is 9.97 Å². The van der Waals surface area contributed by atoms with Crippen LogP contribution in [0.15, 0.2) is 18.6 Å². The molecule has 1 heterocycles. The first-order valence-electron chi connectivity index (χ1n) is 7.78. The number of aliphatic hydroxyl groups excluding tert-OH is 1. The smallest absolute Gasteiger partial charge is 0.0975 e. The molecule has 0 aliphatic heterocycles. The monoisotopic (exact) mass is 264 g/mol. The van der Waals surface area contributed by atoms with Crippen LogP contribution in [-0.4, -0.2) is 15.1 Å². The number of aliphatic hydroxyl groups is 1. The third-order valence-corrected chi connectivity index (χ3v) is 3.51. The maximum Gasteiger partial charge on any atom is 0.0975 e. The number of hydrogen-bond acceptors (Lipinski definition) is 3. The van der Waals surface area contributed by atoms with Crippen molar-refractivity contribution in [3.05, 3.63) is 24.3 Å². The highest BCUT2D eigenvalue weighted by molar-refractivity contribution is 4.98. The first-order valence-corrected chi connectivity index (χ1v) is 7.78. The predicted molar refractivity (Wildman–Crippen MR) is 78.8 cm³/mol. The summed E-state index contributed by atoms with van der Waals surface area (Å²) in [4.78, 5) is 8.10. The Labute approximate surface area is 117 Å². The highest BCUT2D eigenvalue weighted by Crippen LogP contribution is 2.17. The first-order chi connectivity index (χ1) is 9.34. The van der Waals surface area contributed by atoms with E-state index in [1.165, 1.54) is 51.4 Å². The average Bonchev–Trinajstić information content (AvgIpc) is 2.46. The van der Waals surface area contributed by atoms with Gasteiger partial charge in [-0.3, -0.25) is 9.97 Å². The van der Waals surface area contributed by atoms with Gasteiger partial charge < -0.3 is 5.11 Å². The van der Waals surface area contributed by atoms with Crippen molar-refractivity contribution in [1.29, 1.82) is 0 Å². The van der Waals surface area contributed by atoms with E-state index in [-0.39, 0.29) is 0 Å². The van der Waals surface area contributed by atoms with E-state index in [4.69, 9.17) is 0 Å². The lowest BCUT2D eigenvalue weighted by Gasteiger charge is -2.08. The second-order valence-electron chi connectivity index (χ2n) is 5.26. The summed E-state index contributed by atoms with van der Waals surface area (Å²) in [7, 11) is 0. The molecule has 0 aliphatic rings. The number of unbranched alkanes of at least 4 members (excludes halogenated alkanes) is 8. The Kier molecular flexibility index (Phi) is 9.25. The summed E-state index contributed by atoms with van der Waals surface area (Å²) < 4.78 is 0. The fraction of sp³-hybridized carbons (Fsp3) is 0.750. The van der Waals surface area contributed by atoms with Crippen molar-refractivity contribution in [2.75, 3.05) is 0 Å². The third kappa shape index (κ3) is 7.93. The minimum Gasteiger partial charge on any atom is -0.387 e. The predicted octanol–water partition coefficient (Wildman–Crippen LogP) is 4.43. The van der Waals surface area contributed by atoms with Gasteiger partial charge in [-0.25, -0.2) is 0 Å². The lowest BCUT2D eigenvalue weighted by atomic mass is 10.0. The molecule has 19 heavy (non-hydrogen) atoms. The molecule has 0 fully saturated rings. The summed E-state index contributed by atoms with van der Waals surface area (Å²) in [6.45, 7) is 2.25. The van der Waals surface area contributed by atoms with E-state index in [0.717, 1.165) is 12.8 Å². The SMILES string of the molecule is CCCCCCCCCCCC(O)c1cnccn1. The molecular formula is C16H28N2O. The van der Waals surface area contributed by atoms with Crippen LogP contribution in [0, 0.1) is 0 Å². The van der Waals surface area contributed by atoms with Crippen LogP contribution in [0.25, 0.3) is 0 Å². The second-order valence-corrected chi connectivity index (χ2v) is 5.26. The van der Waals surface area contributed by atoms with Crippen LogP contribution in [0.5, 0.6) is 0 Å². The lowest BCUT2D eigenvalue weighted by Crippen LogP contribution is -2.00. The molecule has 1 aromatic rings. The Morgan fingerprint density at radius 1 is 0.947 bits per heavy atom. The van der Waals surface area contributed by atoms with Gasteiger partial charge >= 0.3 is 0 Å². The van der Waals surface area contributed by atoms with Gasteiger partial charge in [-0.2, -0.15) is 0 Å². The van der Waals surface area contributed by atoms with E-state index in [9.17, 15) is 5.11 Å². The number of hydrogen-bond donors (Lipinski definition) is 1. The van der Waals surface area contributed by atoms with Crippen LogP contribution in [0.4, 0.5) is 0 Å². The van der Waals surface area contributed by atoms with Gasteiger partial charge in [-0.1, -0.05) is 64.7 Å². The van der Waals surface area contributed by atoms with Gasteiger partial charge in [0, 0.05) is 12.4 Å². The third-order valence-electron chi connectivity index (χ3n) is 3.51. The molecule has 1 unspecified atom stereocenters. The Balaban J connectivity index is 1.93. The summed E-state index contributed by atoms with van der Waals surface area (Å²) in [5, 5.41) is 9.92. The molecule has 1 atom stereocenters. The fourth-order valence-corrected chi connectivity index (χ4v) is 2.28. The fourth-order valence-electron chi connectivity index (χ4n) is 2.28. The average molecular weight is 264 g/mol. The maximum atomic E-state index is 9.92. The van der Waals surface area contributed by atoms with Crippen molar-refractivity contribution in [3.8, 4) is 0 Å². The quantitative estimate of drug-likeness (QED) is 0.601. The highest BCUT2D eigenvalue weighted by atomic mass is 16.3. The second kappa shape index (κ2) is 10.9. The standard InChI is InChI=1S/C16H28N2O/c1-2-3-4-5-6-7-8-9-10-11-16(19)15-14-17-12-13-18-15/h12-14,16,19H,2-11H2,1H3. The van der Waals surface area contributed by atoms with E-state index in [1.807, 2.05) is 0 Å². The highest BCUT2D eigenvalue weighted by Gasteiger charge is 2.07. The summed E-state index contributed by atoms with van der Waals surface area (Å²) in [5.74, 6) is 0. The van der Waals surface area contributed by atoms with Crippen molar-refractivity contribution in [2.24, 2.45) is 0 Å². The Morgan fingerprint density at radius 3 is 2.16 bits per heavy atom. The van der Waals surface area contributed by atoms with Gasteiger partial charge in [-0.15, -0.1) is 0 Å². The maximum absolute atomic E-state index is 9.92. The van der Waals surface area contributed by atoms with Gasteiger partial charge in [0.2, 0.25) is 0 Å². The number of aromatic nitrogens is 2. The van der Waals surface area contributed by atoms with E-state index < -0.39 is 6.10 Å². The van der Waals surface area contributed by atoms with E-state index in [0.29, 0.717) is 5.69 Å².